The van der Waals surface area contributed by atoms with Crippen molar-refractivity contribution < 1.29 is 19.3 Å². The highest BCUT2D eigenvalue weighted by atomic mass is 35.5. The highest BCUT2D eigenvalue weighted by molar-refractivity contribution is 6.32. The summed E-state index contributed by atoms with van der Waals surface area (Å²) >= 11 is 6.05. The van der Waals surface area contributed by atoms with E-state index < -0.39 is 0 Å². The van der Waals surface area contributed by atoms with E-state index in [1.54, 1.807) is 37.4 Å². The van der Waals surface area contributed by atoms with Crippen LogP contribution in [-0.2, 0) is 0 Å². The summed E-state index contributed by atoms with van der Waals surface area (Å²) in [5.41, 5.74) is 1.06. The first-order valence-corrected chi connectivity index (χ1v) is 6.79. The zero-order chi connectivity index (χ0) is 16.1. The van der Waals surface area contributed by atoms with Crippen molar-refractivity contribution in [3.8, 4) is 23.0 Å². The number of hydrogen-bond donors (Lipinski definition) is 1. The van der Waals surface area contributed by atoms with Gasteiger partial charge in [0.15, 0.2) is 0 Å². The first-order valence-electron chi connectivity index (χ1n) is 6.41. The number of aromatic hydroxyl groups is 1. The normalized spacial score (nSPS) is 10.7. The Morgan fingerprint density at radius 3 is 2.36 bits per heavy atom. The maximum atomic E-state index is 9.86. The SMILES string of the molecule is COc1ccc(O)c(C=Nc2cc(OC)c(Cl)cc2OC)c1. The van der Waals surface area contributed by atoms with E-state index in [0.717, 1.165) is 0 Å². The molecule has 0 saturated carbocycles. The highest BCUT2D eigenvalue weighted by Gasteiger charge is 2.09. The van der Waals surface area contributed by atoms with E-state index in [-0.39, 0.29) is 5.75 Å². The highest BCUT2D eigenvalue weighted by Crippen LogP contribution is 2.37. The van der Waals surface area contributed by atoms with Crippen molar-refractivity contribution >= 4 is 23.5 Å². The molecule has 0 spiro atoms. The number of phenols is 1. The Bertz CT molecular complexity index is 701. The van der Waals surface area contributed by atoms with Crippen LogP contribution in [0.1, 0.15) is 5.56 Å². The van der Waals surface area contributed by atoms with Gasteiger partial charge in [-0.1, -0.05) is 11.6 Å². The first-order chi connectivity index (χ1) is 10.6. The molecule has 6 heteroatoms. The van der Waals surface area contributed by atoms with Crippen molar-refractivity contribution in [2.45, 2.75) is 0 Å². The lowest BCUT2D eigenvalue weighted by atomic mass is 10.2. The second-order valence-electron chi connectivity index (χ2n) is 4.34. The average molecular weight is 322 g/mol. The Labute approximate surface area is 133 Å². The van der Waals surface area contributed by atoms with Gasteiger partial charge in [0.2, 0.25) is 0 Å². The third-order valence-electron chi connectivity index (χ3n) is 3.03. The van der Waals surface area contributed by atoms with Crippen LogP contribution in [0.25, 0.3) is 0 Å². The summed E-state index contributed by atoms with van der Waals surface area (Å²) in [6.45, 7) is 0. The molecule has 0 amide bonds. The van der Waals surface area contributed by atoms with Gasteiger partial charge in [-0.2, -0.15) is 0 Å². The van der Waals surface area contributed by atoms with Gasteiger partial charge in [0.25, 0.3) is 0 Å². The van der Waals surface area contributed by atoms with Gasteiger partial charge < -0.3 is 19.3 Å². The van der Waals surface area contributed by atoms with E-state index in [4.69, 9.17) is 25.8 Å². The summed E-state index contributed by atoms with van der Waals surface area (Å²) < 4.78 is 15.5. The summed E-state index contributed by atoms with van der Waals surface area (Å²) in [6.07, 6.45) is 1.52. The fourth-order valence-electron chi connectivity index (χ4n) is 1.85. The van der Waals surface area contributed by atoms with Crippen molar-refractivity contribution in [3.63, 3.8) is 0 Å². The molecular formula is C16H16ClNO4. The monoisotopic (exact) mass is 321 g/mol. The van der Waals surface area contributed by atoms with Gasteiger partial charge in [-0.05, 0) is 18.2 Å². The van der Waals surface area contributed by atoms with E-state index in [1.807, 2.05) is 0 Å². The lowest BCUT2D eigenvalue weighted by Crippen LogP contribution is -1.90. The summed E-state index contributed by atoms with van der Waals surface area (Å²) in [7, 11) is 4.61. The molecule has 0 fully saturated rings. The van der Waals surface area contributed by atoms with Gasteiger partial charge in [0.05, 0.1) is 26.4 Å². The van der Waals surface area contributed by atoms with Crippen LogP contribution in [0.4, 0.5) is 5.69 Å². The number of phenolic OH excluding ortho intramolecular Hbond substituents is 1. The minimum Gasteiger partial charge on any atom is -0.507 e. The number of ether oxygens (including phenoxy) is 3. The van der Waals surface area contributed by atoms with Gasteiger partial charge in [-0.15, -0.1) is 0 Å². The molecule has 2 aromatic carbocycles. The lowest BCUT2D eigenvalue weighted by molar-refractivity contribution is 0.404. The largest absolute Gasteiger partial charge is 0.507 e. The molecule has 0 aliphatic rings. The smallest absolute Gasteiger partial charge is 0.146 e. The molecule has 0 unspecified atom stereocenters. The fraction of sp³-hybridized carbons (Fsp3) is 0.188. The van der Waals surface area contributed by atoms with Crippen LogP contribution >= 0.6 is 11.6 Å². The number of nitrogens with zero attached hydrogens (tertiary/aromatic N) is 1. The minimum absolute atomic E-state index is 0.101. The molecule has 0 saturated heterocycles. The van der Waals surface area contributed by atoms with Gasteiger partial charge in [-0.25, -0.2) is 0 Å². The second-order valence-corrected chi connectivity index (χ2v) is 4.75. The zero-order valence-electron chi connectivity index (χ0n) is 12.5. The van der Waals surface area contributed by atoms with E-state index >= 15 is 0 Å². The minimum atomic E-state index is 0.101. The van der Waals surface area contributed by atoms with Gasteiger partial charge in [0, 0.05) is 23.9 Å². The number of aliphatic imine (C=N–C) groups is 1. The molecule has 22 heavy (non-hydrogen) atoms. The standard InChI is InChI=1S/C16H16ClNO4/c1-20-11-4-5-14(19)10(6-11)9-18-13-8-15(21-2)12(17)7-16(13)22-3/h4-9,19H,1-3H3. The Hall–Kier alpha value is -2.40. The number of rotatable bonds is 5. The number of benzene rings is 2. The number of hydrogen-bond acceptors (Lipinski definition) is 5. The van der Waals surface area contributed by atoms with E-state index in [1.165, 1.54) is 20.4 Å². The van der Waals surface area contributed by atoms with Crippen molar-refractivity contribution in [1.82, 2.24) is 0 Å². The first kappa shape index (κ1) is 16.0. The van der Waals surface area contributed by atoms with E-state index in [9.17, 15) is 5.11 Å². The van der Waals surface area contributed by atoms with Crippen molar-refractivity contribution in [3.05, 3.63) is 40.9 Å². The Balaban J connectivity index is 2.41. The van der Waals surface area contributed by atoms with Crippen molar-refractivity contribution in [2.24, 2.45) is 4.99 Å². The predicted molar refractivity (Wildman–Crippen MR) is 86.5 cm³/mol. The molecule has 0 heterocycles. The molecule has 0 aromatic heterocycles. The summed E-state index contributed by atoms with van der Waals surface area (Å²) in [5, 5.41) is 10.3. The summed E-state index contributed by atoms with van der Waals surface area (Å²) in [6, 6.07) is 8.17. The van der Waals surface area contributed by atoms with Gasteiger partial charge in [-0.3, -0.25) is 4.99 Å². The molecule has 0 radical (unpaired) electrons. The average Bonchev–Trinajstić information content (AvgIpc) is 2.54. The Morgan fingerprint density at radius 1 is 1.00 bits per heavy atom. The van der Waals surface area contributed by atoms with E-state index in [0.29, 0.717) is 33.5 Å². The second kappa shape index (κ2) is 7.04. The van der Waals surface area contributed by atoms with Crippen LogP contribution in [0.3, 0.4) is 0 Å². The fourth-order valence-corrected chi connectivity index (χ4v) is 2.08. The predicted octanol–water partition coefficient (Wildman–Crippen LogP) is 3.82. The maximum Gasteiger partial charge on any atom is 0.146 e. The van der Waals surface area contributed by atoms with Crippen molar-refractivity contribution in [2.75, 3.05) is 21.3 Å². The van der Waals surface area contributed by atoms with Crippen LogP contribution in [0.15, 0.2) is 35.3 Å². The number of halogens is 1. The molecule has 2 rings (SSSR count). The van der Waals surface area contributed by atoms with Gasteiger partial charge >= 0.3 is 0 Å². The van der Waals surface area contributed by atoms with Crippen LogP contribution < -0.4 is 14.2 Å². The molecule has 0 aliphatic heterocycles. The molecule has 0 atom stereocenters. The quantitative estimate of drug-likeness (QED) is 0.850. The lowest BCUT2D eigenvalue weighted by Gasteiger charge is -2.09. The van der Waals surface area contributed by atoms with Crippen LogP contribution in [0, 0.1) is 0 Å². The van der Waals surface area contributed by atoms with Crippen LogP contribution in [0.2, 0.25) is 5.02 Å². The summed E-state index contributed by atoms with van der Waals surface area (Å²) in [4.78, 5) is 4.33. The van der Waals surface area contributed by atoms with Gasteiger partial charge in [0.1, 0.15) is 28.7 Å². The molecule has 0 bridgehead atoms. The third-order valence-corrected chi connectivity index (χ3v) is 3.33. The van der Waals surface area contributed by atoms with Crippen molar-refractivity contribution in [1.29, 1.82) is 0 Å². The summed E-state index contributed by atoms with van der Waals surface area (Å²) in [5.74, 6) is 1.72. The van der Waals surface area contributed by atoms with Crippen LogP contribution in [0.5, 0.6) is 23.0 Å². The zero-order valence-corrected chi connectivity index (χ0v) is 13.2. The molecule has 1 N–H and O–H groups in total. The van der Waals surface area contributed by atoms with Crippen LogP contribution in [-0.4, -0.2) is 32.7 Å². The Kier molecular flexibility index (Phi) is 5.12. The third kappa shape index (κ3) is 3.43. The molecule has 5 nitrogen and oxygen atoms in total. The molecule has 2 aromatic rings. The topological polar surface area (TPSA) is 60.3 Å². The number of methoxy groups -OCH3 is 3. The van der Waals surface area contributed by atoms with E-state index in [2.05, 4.69) is 4.99 Å². The maximum absolute atomic E-state index is 9.86. The molecular weight excluding hydrogens is 306 g/mol. The molecule has 116 valence electrons. The molecule has 0 aliphatic carbocycles. The Morgan fingerprint density at radius 2 is 1.73 bits per heavy atom.